The Labute approximate surface area is 171 Å². The zero-order valence-corrected chi connectivity index (χ0v) is 15.8. The van der Waals surface area contributed by atoms with E-state index < -0.39 is 24.6 Å². The molecule has 2 N–H and O–H groups in total. The van der Waals surface area contributed by atoms with Crippen LogP contribution in [-0.2, 0) is 5.54 Å². The quantitative estimate of drug-likeness (QED) is 0.723. The van der Waals surface area contributed by atoms with Gasteiger partial charge in [0.15, 0.2) is 11.5 Å². The molecule has 1 aromatic carbocycles. The van der Waals surface area contributed by atoms with Crippen molar-refractivity contribution in [1.82, 2.24) is 19.9 Å². The van der Waals surface area contributed by atoms with Crippen LogP contribution >= 0.6 is 0 Å². The molecule has 0 fully saturated rings. The number of pyridine rings is 1. The van der Waals surface area contributed by atoms with E-state index in [4.69, 9.17) is 10.7 Å². The van der Waals surface area contributed by atoms with Crippen molar-refractivity contribution in [2.75, 3.05) is 13.1 Å². The van der Waals surface area contributed by atoms with Crippen molar-refractivity contribution < 1.29 is 8.78 Å². The average Bonchev–Trinajstić information content (AvgIpc) is 3.07. The standard InChI is InChI=1S/C21H17F2N7/c22-20(23)11-28-18-21(16-4-6-25-7-5-16,29-19(24)30(18)12-20)17-3-1-2-14(8-17)15-9-26-13-27-10-15/h1-10,13H,11-12H2,(H2,24,29). The van der Waals surface area contributed by atoms with Crippen LogP contribution < -0.4 is 5.73 Å². The number of aromatic nitrogens is 3. The molecule has 30 heavy (non-hydrogen) atoms. The number of nitrogens with zero attached hydrogens (tertiary/aromatic N) is 6. The third-order valence-corrected chi connectivity index (χ3v) is 5.26. The molecular formula is C21H17F2N7. The van der Waals surface area contributed by atoms with Crippen LogP contribution in [0.15, 0.2) is 77.5 Å². The number of alkyl halides is 2. The molecule has 7 nitrogen and oxygen atoms in total. The van der Waals surface area contributed by atoms with Crippen LogP contribution in [0.1, 0.15) is 11.1 Å². The molecule has 3 aromatic rings. The highest BCUT2D eigenvalue weighted by Gasteiger charge is 2.53. The second-order valence-corrected chi connectivity index (χ2v) is 7.21. The number of fused-ring (bicyclic) bond motifs is 1. The van der Waals surface area contributed by atoms with E-state index >= 15 is 0 Å². The predicted molar refractivity (Wildman–Crippen MR) is 108 cm³/mol. The lowest BCUT2D eigenvalue weighted by Gasteiger charge is -2.35. The molecule has 0 saturated heterocycles. The molecule has 1 atom stereocenters. The minimum atomic E-state index is -2.97. The molecule has 0 radical (unpaired) electrons. The van der Waals surface area contributed by atoms with E-state index in [1.165, 1.54) is 11.2 Å². The Bertz CT molecular complexity index is 1150. The van der Waals surface area contributed by atoms with Gasteiger partial charge in [0.25, 0.3) is 5.92 Å². The highest BCUT2D eigenvalue weighted by Crippen LogP contribution is 2.43. The van der Waals surface area contributed by atoms with Crippen molar-refractivity contribution >= 4 is 11.8 Å². The number of halogens is 2. The summed E-state index contributed by atoms with van der Waals surface area (Å²) < 4.78 is 28.1. The lowest BCUT2D eigenvalue weighted by Crippen LogP contribution is -2.53. The zero-order valence-electron chi connectivity index (χ0n) is 15.8. The highest BCUT2D eigenvalue weighted by molar-refractivity contribution is 6.12. The molecular weight excluding hydrogens is 388 g/mol. The van der Waals surface area contributed by atoms with Crippen molar-refractivity contribution in [2.24, 2.45) is 15.7 Å². The Morgan fingerprint density at radius 3 is 2.47 bits per heavy atom. The first-order valence-corrected chi connectivity index (χ1v) is 9.32. The Balaban J connectivity index is 1.74. The molecule has 2 aromatic heterocycles. The van der Waals surface area contributed by atoms with Crippen LogP contribution in [0.4, 0.5) is 8.78 Å². The third kappa shape index (κ3) is 2.81. The van der Waals surface area contributed by atoms with Gasteiger partial charge in [-0.25, -0.2) is 23.7 Å². The number of nitrogens with two attached hydrogens (primary N) is 1. The normalized spacial score (nSPS) is 22.3. The summed E-state index contributed by atoms with van der Waals surface area (Å²) in [5, 5.41) is 0. The smallest absolute Gasteiger partial charge is 0.284 e. The molecule has 2 aliphatic heterocycles. The summed E-state index contributed by atoms with van der Waals surface area (Å²) in [4.78, 5) is 22.5. The summed E-state index contributed by atoms with van der Waals surface area (Å²) in [5.74, 6) is -2.57. The number of hydrogen-bond donors (Lipinski definition) is 1. The first-order chi connectivity index (χ1) is 14.5. The van der Waals surface area contributed by atoms with Crippen molar-refractivity contribution in [1.29, 1.82) is 0 Å². The monoisotopic (exact) mass is 405 g/mol. The predicted octanol–water partition coefficient (Wildman–Crippen LogP) is 2.46. The van der Waals surface area contributed by atoms with Crippen LogP contribution in [0.5, 0.6) is 0 Å². The summed E-state index contributed by atoms with van der Waals surface area (Å²) in [6.07, 6.45) is 8.16. The summed E-state index contributed by atoms with van der Waals surface area (Å²) in [5.41, 5.74) is 8.19. The number of amidine groups is 1. The van der Waals surface area contributed by atoms with Crippen LogP contribution in [0, 0.1) is 0 Å². The average molecular weight is 405 g/mol. The second-order valence-electron chi connectivity index (χ2n) is 7.21. The highest BCUT2D eigenvalue weighted by atomic mass is 19.3. The maximum Gasteiger partial charge on any atom is 0.284 e. The van der Waals surface area contributed by atoms with E-state index in [-0.39, 0.29) is 5.96 Å². The summed E-state index contributed by atoms with van der Waals surface area (Å²) in [6, 6.07) is 11.2. The molecule has 0 amide bonds. The van der Waals surface area contributed by atoms with Gasteiger partial charge in [0, 0.05) is 30.4 Å². The van der Waals surface area contributed by atoms with Crippen LogP contribution in [0.2, 0.25) is 0 Å². The Kier molecular flexibility index (Phi) is 4.05. The largest absolute Gasteiger partial charge is 0.369 e. The number of hydrogen-bond acceptors (Lipinski definition) is 7. The molecule has 0 spiro atoms. The van der Waals surface area contributed by atoms with Gasteiger partial charge in [0.1, 0.15) is 18.7 Å². The second kappa shape index (κ2) is 6.65. The van der Waals surface area contributed by atoms with E-state index in [1.807, 2.05) is 24.3 Å². The molecule has 2 aliphatic rings. The lowest BCUT2D eigenvalue weighted by atomic mass is 9.81. The fourth-order valence-corrected chi connectivity index (χ4v) is 3.93. The van der Waals surface area contributed by atoms with Gasteiger partial charge in [-0.2, -0.15) is 0 Å². The Morgan fingerprint density at radius 2 is 1.70 bits per heavy atom. The maximum atomic E-state index is 14.1. The van der Waals surface area contributed by atoms with Crippen molar-refractivity contribution in [2.45, 2.75) is 11.5 Å². The van der Waals surface area contributed by atoms with Crippen LogP contribution in [-0.4, -0.2) is 50.7 Å². The minimum absolute atomic E-state index is 0.0124. The van der Waals surface area contributed by atoms with Gasteiger partial charge < -0.3 is 5.73 Å². The fourth-order valence-electron chi connectivity index (χ4n) is 3.93. The van der Waals surface area contributed by atoms with E-state index in [0.29, 0.717) is 5.84 Å². The molecule has 0 bridgehead atoms. The number of aliphatic imine (C=N–C) groups is 2. The van der Waals surface area contributed by atoms with Gasteiger partial charge in [-0.3, -0.25) is 14.9 Å². The molecule has 1 unspecified atom stereocenters. The maximum absolute atomic E-state index is 14.1. The van der Waals surface area contributed by atoms with E-state index in [0.717, 1.165) is 22.3 Å². The first-order valence-electron chi connectivity index (χ1n) is 9.32. The van der Waals surface area contributed by atoms with Crippen molar-refractivity contribution in [3.63, 3.8) is 0 Å². The van der Waals surface area contributed by atoms with Gasteiger partial charge in [-0.05, 0) is 34.9 Å². The molecule has 5 rings (SSSR count). The van der Waals surface area contributed by atoms with Crippen LogP contribution in [0.3, 0.4) is 0 Å². The zero-order chi connectivity index (χ0) is 20.8. The molecule has 4 heterocycles. The molecule has 0 aliphatic carbocycles. The first kappa shape index (κ1) is 18.3. The van der Waals surface area contributed by atoms with Crippen molar-refractivity contribution in [3.05, 3.63) is 78.6 Å². The fraction of sp³-hybridized carbons (Fsp3) is 0.190. The Morgan fingerprint density at radius 1 is 0.933 bits per heavy atom. The topological polar surface area (TPSA) is 92.6 Å². The SMILES string of the molecule is NC1=NC(c2ccncc2)(c2cccc(-c3cncnc3)c2)C2=NCC(F)(F)CN12. The molecule has 150 valence electrons. The Hall–Kier alpha value is -3.75. The number of benzene rings is 1. The third-order valence-electron chi connectivity index (χ3n) is 5.26. The van der Waals surface area contributed by atoms with E-state index in [1.54, 1.807) is 36.9 Å². The minimum Gasteiger partial charge on any atom is -0.369 e. The molecule has 0 saturated carbocycles. The van der Waals surface area contributed by atoms with Gasteiger partial charge in [-0.15, -0.1) is 0 Å². The van der Waals surface area contributed by atoms with E-state index in [9.17, 15) is 8.78 Å². The van der Waals surface area contributed by atoms with Gasteiger partial charge >= 0.3 is 0 Å². The molecule has 9 heteroatoms. The van der Waals surface area contributed by atoms with Gasteiger partial charge in [0.05, 0.1) is 6.54 Å². The summed E-state index contributed by atoms with van der Waals surface area (Å²) >= 11 is 0. The van der Waals surface area contributed by atoms with Crippen LogP contribution in [0.25, 0.3) is 11.1 Å². The van der Waals surface area contributed by atoms with Gasteiger partial charge in [0.2, 0.25) is 0 Å². The van der Waals surface area contributed by atoms with Gasteiger partial charge in [-0.1, -0.05) is 18.2 Å². The van der Waals surface area contributed by atoms with Crippen molar-refractivity contribution in [3.8, 4) is 11.1 Å². The van der Waals surface area contributed by atoms with E-state index in [2.05, 4.69) is 19.9 Å². The summed E-state index contributed by atoms with van der Waals surface area (Å²) in [6.45, 7) is -1.17. The summed E-state index contributed by atoms with van der Waals surface area (Å²) in [7, 11) is 0. The number of guanidine groups is 1. The number of rotatable bonds is 3. The lowest BCUT2D eigenvalue weighted by molar-refractivity contribution is -0.00437.